The maximum atomic E-state index is 8.80. The quantitative estimate of drug-likeness (QED) is 0.551. The van der Waals surface area contributed by atoms with Crippen LogP contribution in [0.1, 0.15) is 12.8 Å². The zero-order chi connectivity index (χ0) is 6.41. The zero-order valence-electron chi connectivity index (χ0n) is 4.68. The van der Waals surface area contributed by atoms with Gasteiger partial charge in [-0.3, -0.25) is 0 Å². The van der Waals surface area contributed by atoms with Gasteiger partial charge in [0, 0.05) is 12.5 Å². The molecule has 8 heavy (non-hydrogen) atoms. The lowest BCUT2D eigenvalue weighted by Gasteiger charge is -2.03. The zero-order valence-corrected chi connectivity index (χ0v) is 5.43. The van der Waals surface area contributed by atoms with E-state index in [0.717, 1.165) is 0 Å². The molecule has 0 saturated heterocycles. The van der Waals surface area contributed by atoms with Crippen LogP contribution in [0, 0.1) is 0 Å². The Morgan fingerprint density at radius 2 is 2.00 bits per heavy atom. The van der Waals surface area contributed by atoms with E-state index in [2.05, 4.69) is 0 Å². The molecule has 2 N–H and O–H groups in total. The molecule has 1 atom stereocenters. The minimum absolute atomic E-state index is 0.0397. The molecular weight excluding hydrogens is 128 g/mol. The third kappa shape index (κ3) is 4.37. The molecule has 0 fully saturated rings. The molecular formula is C5H11ClO2. The van der Waals surface area contributed by atoms with Crippen LogP contribution in [0.3, 0.4) is 0 Å². The number of aliphatic hydroxyl groups excluding tert-OH is 2. The molecule has 50 valence electrons. The first kappa shape index (κ1) is 8.21. The summed E-state index contributed by atoms with van der Waals surface area (Å²) in [4.78, 5) is 0. The predicted molar refractivity (Wildman–Crippen MR) is 33.0 cm³/mol. The van der Waals surface area contributed by atoms with Gasteiger partial charge in [-0.15, -0.1) is 11.6 Å². The Balaban J connectivity index is 2.92. The minimum atomic E-state index is -0.419. The van der Waals surface area contributed by atoms with Gasteiger partial charge in [0.25, 0.3) is 0 Å². The van der Waals surface area contributed by atoms with Gasteiger partial charge in [0.05, 0.1) is 6.10 Å². The molecule has 0 bridgehead atoms. The van der Waals surface area contributed by atoms with Gasteiger partial charge in [0.1, 0.15) is 0 Å². The summed E-state index contributed by atoms with van der Waals surface area (Å²) in [6.07, 6.45) is 0.590. The van der Waals surface area contributed by atoms with E-state index >= 15 is 0 Å². The van der Waals surface area contributed by atoms with Crippen molar-refractivity contribution in [1.29, 1.82) is 0 Å². The molecule has 0 saturated carbocycles. The number of hydrogen-bond donors (Lipinski definition) is 2. The predicted octanol–water partition coefficient (Wildman–Crippen LogP) is 0.359. The fourth-order valence-electron chi connectivity index (χ4n) is 0.419. The third-order valence-corrected chi connectivity index (χ3v) is 1.12. The van der Waals surface area contributed by atoms with Crippen LogP contribution in [0.25, 0.3) is 0 Å². The number of aliphatic hydroxyl groups is 2. The van der Waals surface area contributed by atoms with Crippen LogP contribution in [-0.4, -0.2) is 28.8 Å². The first-order chi connectivity index (χ1) is 3.81. The summed E-state index contributed by atoms with van der Waals surface area (Å²) in [6.45, 7) is 0.0397. The molecule has 2 nitrogen and oxygen atoms in total. The Morgan fingerprint density at radius 1 is 1.38 bits per heavy atom. The van der Waals surface area contributed by atoms with E-state index in [1.54, 1.807) is 0 Å². The Kier molecular flexibility index (Phi) is 5.49. The molecule has 0 amide bonds. The van der Waals surface area contributed by atoms with Crippen LogP contribution in [0.5, 0.6) is 0 Å². The number of alkyl halides is 1. The van der Waals surface area contributed by atoms with Crippen molar-refractivity contribution in [1.82, 2.24) is 0 Å². The van der Waals surface area contributed by atoms with Gasteiger partial charge in [-0.1, -0.05) is 0 Å². The molecule has 0 aliphatic heterocycles. The maximum Gasteiger partial charge on any atom is 0.0573 e. The van der Waals surface area contributed by atoms with Gasteiger partial charge in [0.15, 0.2) is 0 Å². The topological polar surface area (TPSA) is 40.5 Å². The van der Waals surface area contributed by atoms with Crippen molar-refractivity contribution < 1.29 is 10.2 Å². The Hall–Kier alpha value is 0.210. The van der Waals surface area contributed by atoms with Gasteiger partial charge >= 0.3 is 0 Å². The van der Waals surface area contributed by atoms with Crippen LogP contribution >= 0.6 is 11.6 Å². The van der Waals surface area contributed by atoms with E-state index in [-0.39, 0.29) is 6.61 Å². The van der Waals surface area contributed by atoms with Gasteiger partial charge < -0.3 is 10.2 Å². The second-order valence-electron chi connectivity index (χ2n) is 1.64. The molecule has 0 aromatic heterocycles. The van der Waals surface area contributed by atoms with Crippen molar-refractivity contribution >= 4 is 11.6 Å². The van der Waals surface area contributed by atoms with E-state index in [1.807, 2.05) is 0 Å². The average molecular weight is 139 g/mol. The van der Waals surface area contributed by atoms with Crippen molar-refractivity contribution in [3.05, 3.63) is 0 Å². The largest absolute Gasteiger partial charge is 0.396 e. The monoisotopic (exact) mass is 138 g/mol. The first-order valence-electron chi connectivity index (χ1n) is 2.66. The molecule has 0 aromatic rings. The third-order valence-electron chi connectivity index (χ3n) is 0.905. The summed E-state index contributed by atoms with van der Waals surface area (Å²) in [6, 6.07) is 0. The Morgan fingerprint density at radius 3 is 2.38 bits per heavy atom. The summed E-state index contributed by atoms with van der Waals surface area (Å²) in [5.74, 6) is 0.459. The Labute approximate surface area is 54.1 Å². The van der Waals surface area contributed by atoms with Crippen LogP contribution in [0.2, 0.25) is 0 Å². The summed E-state index contributed by atoms with van der Waals surface area (Å²) >= 11 is 5.29. The summed E-state index contributed by atoms with van der Waals surface area (Å²) in [5.41, 5.74) is 0. The van der Waals surface area contributed by atoms with Gasteiger partial charge in [-0.2, -0.15) is 0 Å². The van der Waals surface area contributed by atoms with Crippen LogP contribution in [-0.2, 0) is 0 Å². The SMILES string of the molecule is OCCC(O)CCCl. The number of hydrogen-bond acceptors (Lipinski definition) is 2. The van der Waals surface area contributed by atoms with Crippen LogP contribution in [0.4, 0.5) is 0 Å². The highest BCUT2D eigenvalue weighted by atomic mass is 35.5. The molecule has 0 spiro atoms. The lowest BCUT2D eigenvalue weighted by atomic mass is 10.2. The second-order valence-corrected chi connectivity index (χ2v) is 2.02. The van der Waals surface area contributed by atoms with Gasteiger partial charge in [0.2, 0.25) is 0 Å². The van der Waals surface area contributed by atoms with Crippen molar-refractivity contribution in [2.45, 2.75) is 18.9 Å². The summed E-state index contributed by atoms with van der Waals surface area (Å²) in [5, 5.41) is 17.1. The highest BCUT2D eigenvalue weighted by Crippen LogP contribution is 1.97. The minimum Gasteiger partial charge on any atom is -0.396 e. The number of halogens is 1. The van der Waals surface area contributed by atoms with Gasteiger partial charge in [-0.25, -0.2) is 0 Å². The normalized spacial score (nSPS) is 13.9. The molecule has 0 rings (SSSR count). The fraction of sp³-hybridized carbons (Fsp3) is 1.00. The van der Waals surface area contributed by atoms with Crippen molar-refractivity contribution in [2.24, 2.45) is 0 Å². The highest BCUT2D eigenvalue weighted by molar-refractivity contribution is 6.17. The van der Waals surface area contributed by atoms with E-state index in [4.69, 9.17) is 21.8 Å². The van der Waals surface area contributed by atoms with Crippen molar-refractivity contribution in [3.8, 4) is 0 Å². The molecule has 0 aromatic carbocycles. The molecule has 0 aliphatic rings. The van der Waals surface area contributed by atoms with E-state index < -0.39 is 6.10 Å². The first-order valence-corrected chi connectivity index (χ1v) is 3.19. The summed E-state index contributed by atoms with van der Waals surface area (Å²) in [7, 11) is 0. The lowest BCUT2D eigenvalue weighted by Crippen LogP contribution is -2.08. The Bertz CT molecular complexity index is 43.7. The molecule has 0 aliphatic carbocycles. The van der Waals surface area contributed by atoms with E-state index in [1.165, 1.54) is 0 Å². The van der Waals surface area contributed by atoms with Crippen molar-refractivity contribution in [3.63, 3.8) is 0 Å². The van der Waals surface area contributed by atoms with E-state index in [0.29, 0.717) is 18.7 Å². The fourth-order valence-corrected chi connectivity index (χ4v) is 0.671. The molecule has 0 radical (unpaired) electrons. The molecule has 3 heteroatoms. The van der Waals surface area contributed by atoms with Crippen molar-refractivity contribution in [2.75, 3.05) is 12.5 Å². The second kappa shape index (κ2) is 5.35. The summed E-state index contributed by atoms with van der Waals surface area (Å²) < 4.78 is 0. The maximum absolute atomic E-state index is 8.80. The van der Waals surface area contributed by atoms with Gasteiger partial charge in [-0.05, 0) is 12.8 Å². The highest BCUT2D eigenvalue weighted by Gasteiger charge is 1.99. The lowest BCUT2D eigenvalue weighted by molar-refractivity contribution is 0.130. The van der Waals surface area contributed by atoms with Crippen LogP contribution < -0.4 is 0 Å². The average Bonchev–Trinajstić information content (AvgIpc) is 1.68. The van der Waals surface area contributed by atoms with Crippen LogP contribution in [0.15, 0.2) is 0 Å². The molecule has 1 unspecified atom stereocenters. The smallest absolute Gasteiger partial charge is 0.0573 e. The van der Waals surface area contributed by atoms with E-state index in [9.17, 15) is 0 Å². The molecule has 0 heterocycles. The standard InChI is InChI=1S/C5H11ClO2/c6-3-1-5(8)2-4-7/h5,7-8H,1-4H2. The number of rotatable bonds is 4.